The second-order valence-electron chi connectivity index (χ2n) is 8.11. The topological polar surface area (TPSA) is 171 Å². The molecule has 4 atom stereocenters. The van der Waals surface area contributed by atoms with Crippen molar-refractivity contribution in [3.63, 3.8) is 0 Å². The van der Waals surface area contributed by atoms with Crippen molar-refractivity contribution >= 4 is 20.2 Å². The van der Waals surface area contributed by atoms with E-state index in [1.807, 2.05) is 4.98 Å². The van der Waals surface area contributed by atoms with E-state index in [4.69, 9.17) is 13.1 Å². The van der Waals surface area contributed by atoms with Crippen LogP contribution in [0.25, 0.3) is 0 Å². The molecular formula is C22H22N2O10S2. The molecule has 12 nitrogen and oxygen atoms in total. The lowest BCUT2D eigenvalue weighted by molar-refractivity contribution is -0.0953. The number of nitrogens with zero attached hydrogens (tertiary/aromatic N) is 1. The Hall–Kier alpha value is -3.14. The molecule has 3 aromatic rings. The van der Waals surface area contributed by atoms with Crippen LogP contribution in [0, 0.1) is 0 Å². The molecule has 1 aliphatic heterocycles. The lowest BCUT2D eigenvalue weighted by atomic mass is 9.96. The molecular weight excluding hydrogens is 516 g/mol. The molecule has 0 amide bonds. The van der Waals surface area contributed by atoms with Crippen LogP contribution in [0.15, 0.2) is 92.3 Å². The Labute approximate surface area is 206 Å². The smallest absolute Gasteiger partial charge is 0.330 e. The van der Waals surface area contributed by atoms with Gasteiger partial charge in [-0.3, -0.25) is 22.7 Å². The quantitative estimate of drug-likeness (QED) is 0.382. The minimum atomic E-state index is -4.47. The monoisotopic (exact) mass is 538 g/mol. The fourth-order valence-electron chi connectivity index (χ4n) is 3.73. The van der Waals surface area contributed by atoms with E-state index < -0.39 is 62.1 Å². The predicted molar refractivity (Wildman–Crippen MR) is 124 cm³/mol. The largest absolute Gasteiger partial charge is 0.383 e. The van der Waals surface area contributed by atoms with Crippen molar-refractivity contribution in [3.8, 4) is 0 Å². The van der Waals surface area contributed by atoms with E-state index in [1.54, 1.807) is 12.1 Å². The number of hydrogen-bond donors (Lipinski definition) is 2. The molecule has 14 heteroatoms. The van der Waals surface area contributed by atoms with Crippen molar-refractivity contribution in [2.45, 2.75) is 40.8 Å². The maximum atomic E-state index is 12.9. The average molecular weight is 539 g/mol. The van der Waals surface area contributed by atoms with E-state index in [0.29, 0.717) is 0 Å². The highest BCUT2D eigenvalue weighted by atomic mass is 32.2. The third kappa shape index (κ3) is 5.18. The van der Waals surface area contributed by atoms with Crippen LogP contribution in [-0.2, 0) is 33.3 Å². The summed E-state index contributed by atoms with van der Waals surface area (Å²) in [6, 6.07) is 15.3. The van der Waals surface area contributed by atoms with Crippen LogP contribution < -0.4 is 11.2 Å². The van der Waals surface area contributed by atoms with Crippen LogP contribution in [0.5, 0.6) is 0 Å². The second-order valence-corrected chi connectivity index (χ2v) is 11.3. The van der Waals surface area contributed by atoms with Crippen molar-refractivity contribution in [2.24, 2.45) is 0 Å². The minimum Gasteiger partial charge on any atom is -0.383 e. The molecule has 2 aromatic carbocycles. The number of aromatic nitrogens is 2. The van der Waals surface area contributed by atoms with E-state index in [-0.39, 0.29) is 9.79 Å². The average Bonchev–Trinajstić information content (AvgIpc) is 3.08. The Bertz CT molecular complexity index is 1550. The molecule has 2 N–H and O–H groups in total. The zero-order valence-electron chi connectivity index (χ0n) is 18.8. The van der Waals surface area contributed by atoms with Crippen molar-refractivity contribution in [3.05, 3.63) is 93.8 Å². The highest BCUT2D eigenvalue weighted by Gasteiger charge is 2.57. The fraction of sp³-hybridized carbons (Fsp3) is 0.273. The molecule has 4 rings (SSSR count). The number of rotatable bonds is 8. The molecule has 2 heterocycles. The number of H-pyrrole nitrogens is 1. The number of hydrogen-bond acceptors (Lipinski definition) is 10. The molecule has 0 bridgehead atoms. The zero-order valence-corrected chi connectivity index (χ0v) is 20.4. The van der Waals surface area contributed by atoms with Crippen LogP contribution in [-0.4, -0.2) is 55.9 Å². The third-order valence-corrected chi connectivity index (χ3v) is 8.11. The van der Waals surface area contributed by atoms with E-state index in [9.17, 15) is 31.5 Å². The third-order valence-electron chi connectivity index (χ3n) is 5.50. The van der Waals surface area contributed by atoms with Crippen LogP contribution in [0.1, 0.15) is 13.2 Å². The summed E-state index contributed by atoms with van der Waals surface area (Å²) in [5.41, 5.74) is -3.85. The van der Waals surface area contributed by atoms with E-state index >= 15 is 0 Å². The molecule has 1 saturated heterocycles. The maximum absolute atomic E-state index is 12.9. The van der Waals surface area contributed by atoms with Gasteiger partial charge in [-0.25, -0.2) is 4.79 Å². The SMILES string of the molecule is C[C@]1(O)[C@H](OS(=O)(=O)c2ccccc2)[C@@H](COS(=O)(=O)c2ccccc2)O[C@H]1n1ccc(=O)[nH]c1=O. The predicted octanol–water partition coefficient (Wildman–Crippen LogP) is 0.365. The molecule has 0 spiro atoms. The second kappa shape index (κ2) is 9.72. The summed E-state index contributed by atoms with van der Waals surface area (Å²) >= 11 is 0. The van der Waals surface area contributed by atoms with Gasteiger partial charge in [-0.1, -0.05) is 36.4 Å². The van der Waals surface area contributed by atoms with Crippen LogP contribution in [0.2, 0.25) is 0 Å². The van der Waals surface area contributed by atoms with Crippen LogP contribution in [0.4, 0.5) is 0 Å². The number of ether oxygens (including phenoxy) is 1. The Balaban J connectivity index is 1.69. The molecule has 192 valence electrons. The molecule has 36 heavy (non-hydrogen) atoms. The summed E-state index contributed by atoms with van der Waals surface area (Å²) in [6.07, 6.45) is -3.70. The zero-order chi connectivity index (χ0) is 26.1. The van der Waals surface area contributed by atoms with Gasteiger partial charge in [0.05, 0.1) is 16.4 Å². The number of aliphatic hydroxyl groups is 1. The van der Waals surface area contributed by atoms with E-state index in [0.717, 1.165) is 23.8 Å². The van der Waals surface area contributed by atoms with Crippen LogP contribution in [0.3, 0.4) is 0 Å². The molecule has 1 fully saturated rings. The Kier molecular flexibility index (Phi) is 7.01. The standard InChI is InChI=1S/C22H22N2O10S2/c1-22(27)19(34-36(30,31)16-10-6-3-7-11-16)17(14-32-35(28,29)15-8-4-2-5-9-15)33-20(22)24-13-12-18(25)23-21(24)26/h2-13,17,19-20,27H,14H2,1H3,(H,23,25,26)/t17-,19-,20-,22+/m1/s1. The summed E-state index contributed by atoms with van der Waals surface area (Å²) < 4.78 is 68.1. The Morgan fingerprint density at radius 1 is 0.944 bits per heavy atom. The molecule has 0 unspecified atom stereocenters. The molecule has 0 aliphatic carbocycles. The summed E-state index contributed by atoms with van der Waals surface area (Å²) in [5, 5.41) is 11.3. The van der Waals surface area contributed by atoms with Gasteiger partial charge in [-0.2, -0.15) is 16.8 Å². The molecule has 1 aromatic heterocycles. The first-order chi connectivity index (χ1) is 16.9. The first-order valence-corrected chi connectivity index (χ1v) is 13.4. The first kappa shape index (κ1) is 25.9. The summed E-state index contributed by atoms with van der Waals surface area (Å²) in [7, 11) is -8.75. The van der Waals surface area contributed by atoms with Gasteiger partial charge in [-0.15, -0.1) is 0 Å². The minimum absolute atomic E-state index is 0.155. The number of aromatic amines is 1. The van der Waals surface area contributed by atoms with Crippen molar-refractivity contribution in [2.75, 3.05) is 6.61 Å². The number of nitrogens with one attached hydrogen (secondary N) is 1. The van der Waals surface area contributed by atoms with E-state index in [1.165, 1.54) is 48.5 Å². The van der Waals surface area contributed by atoms with Gasteiger partial charge in [0, 0.05) is 12.3 Å². The highest BCUT2D eigenvalue weighted by molar-refractivity contribution is 7.87. The highest BCUT2D eigenvalue weighted by Crippen LogP contribution is 2.41. The molecule has 0 radical (unpaired) electrons. The summed E-state index contributed by atoms with van der Waals surface area (Å²) in [6.45, 7) is 0.406. The maximum Gasteiger partial charge on any atom is 0.330 e. The van der Waals surface area contributed by atoms with E-state index in [2.05, 4.69) is 0 Å². The van der Waals surface area contributed by atoms with Crippen molar-refractivity contribution in [1.82, 2.24) is 9.55 Å². The lowest BCUT2D eigenvalue weighted by Gasteiger charge is -2.29. The Morgan fingerprint density at radius 3 is 2.06 bits per heavy atom. The Morgan fingerprint density at radius 2 is 1.50 bits per heavy atom. The fourth-order valence-corrected chi connectivity index (χ4v) is 5.86. The van der Waals surface area contributed by atoms with Crippen LogP contribution >= 0.6 is 0 Å². The van der Waals surface area contributed by atoms with Crippen molar-refractivity contribution < 1.29 is 35.0 Å². The molecule has 1 aliphatic rings. The first-order valence-electron chi connectivity index (χ1n) is 10.5. The lowest BCUT2D eigenvalue weighted by Crippen LogP contribution is -2.49. The normalized spacial score (nSPS) is 24.6. The summed E-state index contributed by atoms with van der Waals surface area (Å²) in [4.78, 5) is 25.5. The van der Waals surface area contributed by atoms with Crippen molar-refractivity contribution in [1.29, 1.82) is 0 Å². The summed E-state index contributed by atoms with van der Waals surface area (Å²) in [5.74, 6) is 0. The van der Waals surface area contributed by atoms with Gasteiger partial charge in [0.25, 0.3) is 25.8 Å². The van der Waals surface area contributed by atoms with Gasteiger partial charge in [0.15, 0.2) is 6.23 Å². The van der Waals surface area contributed by atoms with Gasteiger partial charge in [0.1, 0.15) is 17.8 Å². The number of benzene rings is 2. The van der Waals surface area contributed by atoms with Gasteiger partial charge >= 0.3 is 5.69 Å². The molecule has 0 saturated carbocycles. The van der Waals surface area contributed by atoms with Gasteiger partial charge in [-0.05, 0) is 31.2 Å². The van der Waals surface area contributed by atoms with Gasteiger partial charge in [0.2, 0.25) is 0 Å². The van der Waals surface area contributed by atoms with Gasteiger partial charge < -0.3 is 9.84 Å².